The Morgan fingerprint density at radius 3 is 2.50 bits per heavy atom. The van der Waals surface area contributed by atoms with Crippen LogP contribution in [0.25, 0.3) is 0 Å². The number of carbonyl (C=O) groups excluding carboxylic acids is 1. The van der Waals surface area contributed by atoms with Crippen LogP contribution in [0.1, 0.15) is 76.2 Å². The summed E-state index contributed by atoms with van der Waals surface area (Å²) >= 11 is 0. The second-order valence-corrected chi connectivity index (χ2v) is 11.3. The molecule has 3 nitrogen and oxygen atoms in total. The highest BCUT2D eigenvalue weighted by atomic mass is 19.1. The summed E-state index contributed by atoms with van der Waals surface area (Å²) in [6.45, 7) is 0.496. The Morgan fingerprint density at radius 2 is 1.80 bits per heavy atom. The van der Waals surface area contributed by atoms with Gasteiger partial charge in [-0.25, -0.2) is 0 Å². The number of nitrogens with two attached hydrogens (primary N) is 1. The van der Waals surface area contributed by atoms with Crippen molar-refractivity contribution in [1.82, 2.24) is 5.32 Å². The normalized spacial score (nSPS) is 42.3. The summed E-state index contributed by atoms with van der Waals surface area (Å²) < 4.78 is 13.7. The molecule has 0 spiro atoms. The molecule has 30 heavy (non-hydrogen) atoms. The zero-order chi connectivity index (χ0) is 20.8. The molecule has 0 heterocycles. The number of carbonyl (C=O) groups is 1. The van der Waals surface area contributed by atoms with Crippen LogP contribution in [0.2, 0.25) is 0 Å². The van der Waals surface area contributed by atoms with E-state index >= 15 is 0 Å². The van der Waals surface area contributed by atoms with Crippen molar-refractivity contribution in [3.05, 3.63) is 35.9 Å². The molecule has 6 rings (SSSR count). The molecular weight excluding hydrogens is 375 g/mol. The van der Waals surface area contributed by atoms with E-state index in [4.69, 9.17) is 5.73 Å². The Bertz CT molecular complexity index is 776. The van der Waals surface area contributed by atoms with Crippen LogP contribution >= 0.6 is 0 Å². The molecule has 5 aliphatic carbocycles. The van der Waals surface area contributed by atoms with E-state index in [0.717, 1.165) is 64.3 Å². The number of hydrogen-bond donors (Lipinski definition) is 2. The van der Waals surface area contributed by atoms with Gasteiger partial charge in [0.15, 0.2) is 0 Å². The molecule has 2 unspecified atom stereocenters. The zero-order valence-corrected chi connectivity index (χ0v) is 18.2. The number of halogens is 1. The van der Waals surface area contributed by atoms with Crippen molar-refractivity contribution in [2.45, 2.75) is 82.1 Å². The van der Waals surface area contributed by atoms with Crippen molar-refractivity contribution in [3.8, 4) is 0 Å². The van der Waals surface area contributed by atoms with Crippen molar-refractivity contribution in [3.63, 3.8) is 0 Å². The highest BCUT2D eigenvalue weighted by Crippen LogP contribution is 2.71. The second-order valence-electron chi connectivity index (χ2n) is 11.3. The van der Waals surface area contributed by atoms with Crippen LogP contribution < -0.4 is 11.1 Å². The maximum Gasteiger partial charge on any atom is 0.226 e. The minimum absolute atomic E-state index is 0.00143. The molecule has 0 aliphatic heterocycles. The number of amides is 1. The molecule has 4 atom stereocenters. The van der Waals surface area contributed by atoms with Gasteiger partial charge in [0, 0.05) is 6.04 Å². The predicted molar refractivity (Wildman–Crippen MR) is 118 cm³/mol. The predicted octanol–water partition coefficient (Wildman–Crippen LogP) is 4.89. The van der Waals surface area contributed by atoms with E-state index in [1.54, 1.807) is 0 Å². The van der Waals surface area contributed by atoms with Gasteiger partial charge in [0.05, 0.1) is 12.1 Å². The molecule has 3 N–H and O–H groups in total. The van der Waals surface area contributed by atoms with Crippen molar-refractivity contribution >= 4 is 5.91 Å². The Labute approximate surface area is 180 Å². The number of alkyl halides is 1. The van der Waals surface area contributed by atoms with Crippen LogP contribution in [-0.4, -0.2) is 25.2 Å². The minimum Gasteiger partial charge on any atom is -0.353 e. The zero-order valence-electron chi connectivity index (χ0n) is 18.2. The van der Waals surface area contributed by atoms with Gasteiger partial charge in [-0.15, -0.1) is 0 Å². The molecule has 5 saturated carbocycles. The molecule has 1 aromatic rings. The third kappa shape index (κ3) is 3.39. The van der Waals surface area contributed by atoms with Crippen molar-refractivity contribution in [2.75, 3.05) is 13.2 Å². The molecule has 5 fully saturated rings. The van der Waals surface area contributed by atoms with Gasteiger partial charge in [-0.05, 0) is 105 Å². The highest BCUT2D eigenvalue weighted by Gasteiger charge is 2.65. The lowest BCUT2D eigenvalue weighted by Crippen LogP contribution is -2.63. The molecule has 164 valence electrons. The first-order chi connectivity index (χ1) is 14.5. The van der Waals surface area contributed by atoms with E-state index in [1.807, 2.05) is 0 Å². The van der Waals surface area contributed by atoms with Gasteiger partial charge >= 0.3 is 0 Å². The van der Waals surface area contributed by atoms with Gasteiger partial charge in [-0.3, -0.25) is 9.18 Å². The first kappa shape index (κ1) is 20.5. The third-order valence-corrected chi connectivity index (χ3v) is 9.19. The first-order valence-corrected chi connectivity index (χ1v) is 12.1. The van der Waals surface area contributed by atoms with Gasteiger partial charge in [-0.1, -0.05) is 30.3 Å². The summed E-state index contributed by atoms with van der Waals surface area (Å²) in [4.78, 5) is 13.8. The monoisotopic (exact) mass is 412 g/mol. The lowest BCUT2D eigenvalue weighted by atomic mass is 9.38. The Morgan fingerprint density at radius 1 is 1.03 bits per heavy atom. The second kappa shape index (κ2) is 7.62. The smallest absolute Gasteiger partial charge is 0.226 e. The molecule has 0 aromatic heterocycles. The summed E-state index contributed by atoms with van der Waals surface area (Å²) in [6, 6.07) is 11.1. The van der Waals surface area contributed by atoms with Gasteiger partial charge < -0.3 is 11.1 Å². The van der Waals surface area contributed by atoms with Gasteiger partial charge in [0.1, 0.15) is 0 Å². The van der Waals surface area contributed by atoms with Gasteiger partial charge in [-0.2, -0.15) is 0 Å². The van der Waals surface area contributed by atoms with Crippen LogP contribution in [0.4, 0.5) is 4.39 Å². The quantitative estimate of drug-likeness (QED) is 0.699. The van der Waals surface area contributed by atoms with Crippen LogP contribution in [-0.2, 0) is 10.2 Å². The van der Waals surface area contributed by atoms with E-state index in [0.29, 0.717) is 18.3 Å². The van der Waals surface area contributed by atoms with Gasteiger partial charge in [0.2, 0.25) is 5.91 Å². The Hall–Kier alpha value is -1.42. The number of rotatable bonds is 6. The van der Waals surface area contributed by atoms with E-state index in [9.17, 15) is 9.18 Å². The highest BCUT2D eigenvalue weighted by molar-refractivity contribution is 5.84. The lowest BCUT2D eigenvalue weighted by Gasteiger charge is -2.66. The number of hydrogen-bond acceptors (Lipinski definition) is 2. The molecule has 0 saturated heterocycles. The van der Waals surface area contributed by atoms with E-state index in [1.165, 1.54) is 12.0 Å². The number of benzene rings is 1. The topological polar surface area (TPSA) is 55.1 Å². The molecule has 4 bridgehead atoms. The van der Waals surface area contributed by atoms with Crippen LogP contribution in [0.5, 0.6) is 0 Å². The summed E-state index contributed by atoms with van der Waals surface area (Å²) in [5, 5.41) is 3.48. The van der Waals surface area contributed by atoms with Crippen molar-refractivity contribution in [2.24, 2.45) is 28.4 Å². The maximum atomic E-state index is 13.8. The SMILES string of the molecule is NC[C@H]1CC[C@@H](NC(=O)C23CC4C[C@@](CCF)(C2)C[C@](c2ccccc2)(C4)C3)CC1. The largest absolute Gasteiger partial charge is 0.353 e. The van der Waals surface area contributed by atoms with E-state index in [-0.39, 0.29) is 34.9 Å². The molecule has 1 amide bonds. The van der Waals surface area contributed by atoms with E-state index < -0.39 is 0 Å². The first-order valence-electron chi connectivity index (χ1n) is 12.1. The van der Waals surface area contributed by atoms with Crippen LogP contribution in [0, 0.1) is 22.7 Å². The van der Waals surface area contributed by atoms with Gasteiger partial charge in [0.25, 0.3) is 0 Å². The molecule has 4 heteroatoms. The third-order valence-electron chi connectivity index (χ3n) is 9.19. The fraction of sp³-hybridized carbons (Fsp3) is 0.731. The summed E-state index contributed by atoms with van der Waals surface area (Å²) in [7, 11) is 0. The van der Waals surface area contributed by atoms with Crippen LogP contribution in [0.3, 0.4) is 0 Å². The Kier molecular flexibility index (Phi) is 5.20. The maximum absolute atomic E-state index is 13.8. The number of nitrogens with one attached hydrogen (secondary N) is 1. The average Bonchev–Trinajstić information content (AvgIpc) is 2.74. The summed E-state index contributed by atoms with van der Waals surface area (Å²) in [5.74, 6) is 1.44. The average molecular weight is 413 g/mol. The van der Waals surface area contributed by atoms with Crippen molar-refractivity contribution in [1.29, 1.82) is 0 Å². The summed E-state index contributed by atoms with van der Waals surface area (Å²) in [6.07, 6.45) is 11.1. The van der Waals surface area contributed by atoms with Crippen molar-refractivity contribution < 1.29 is 9.18 Å². The fourth-order valence-corrected chi connectivity index (χ4v) is 8.37. The minimum atomic E-state index is -0.310. The fourth-order valence-electron chi connectivity index (χ4n) is 8.37. The standard InChI is InChI=1S/C26H37FN2O/c27-11-10-24-12-20-13-25(16-24,21-4-2-1-3-5-21)18-26(14-20,17-24)23(30)29-22-8-6-19(15-28)7-9-22/h1-5,19-20,22H,6-18,28H2,(H,29,30)/t19-,20?,22+,24-,25-,26?/m1/s1. The molecule has 1 aromatic carbocycles. The molecule has 5 aliphatic rings. The summed E-state index contributed by atoms with van der Waals surface area (Å²) in [5.41, 5.74) is 6.95. The molecular formula is C26H37FN2O. The van der Waals surface area contributed by atoms with E-state index in [2.05, 4.69) is 35.6 Å². The lowest BCUT2D eigenvalue weighted by molar-refractivity contribution is -0.165. The van der Waals surface area contributed by atoms with Crippen LogP contribution in [0.15, 0.2) is 30.3 Å². The molecule has 0 radical (unpaired) electrons. The Balaban J connectivity index is 1.42.